The van der Waals surface area contributed by atoms with Gasteiger partial charge >= 0.3 is 0 Å². The zero-order chi connectivity index (χ0) is 45.7. The largest absolute Gasteiger partial charge is 0.203 e. The van der Waals surface area contributed by atoms with Gasteiger partial charge in [0, 0.05) is 45.6 Å². The molecule has 2 atom stereocenters. The molecular formula is C58H42F2N2S5. The molecule has 5 heterocycles. The monoisotopic (exact) mass is 964 g/mol. The summed E-state index contributed by atoms with van der Waals surface area (Å²) in [4.78, 5) is 4.60. The van der Waals surface area contributed by atoms with Gasteiger partial charge in [0.1, 0.15) is 11.0 Å². The third-order valence-corrected chi connectivity index (χ3v) is 20.1. The number of nitrogens with zero attached hydrogens (tertiary/aromatic N) is 2. The number of benzene rings is 6. The molecule has 13 rings (SSSR count). The van der Waals surface area contributed by atoms with Crippen molar-refractivity contribution in [2.45, 2.75) is 64.2 Å². The van der Waals surface area contributed by atoms with E-state index in [2.05, 4.69) is 170 Å². The lowest BCUT2D eigenvalue weighted by atomic mass is 9.66. The summed E-state index contributed by atoms with van der Waals surface area (Å²) in [5.41, 5.74) is 14.9. The zero-order valence-electron chi connectivity index (χ0n) is 37.5. The summed E-state index contributed by atoms with van der Waals surface area (Å²) in [6.07, 6.45) is 0. The predicted octanol–water partition coefficient (Wildman–Crippen LogP) is 17.8. The minimum Gasteiger partial charge on any atom is -0.203 e. The summed E-state index contributed by atoms with van der Waals surface area (Å²) in [5, 5.41) is 0. The first-order valence-corrected chi connectivity index (χ1v) is 26.7. The SMILES string of the molecule is Cc1ccc(C2(c3ccccc3)c3cc4c(cc3-c3sc5cc(-c6c(F)c(F)c(C(C)C)c7nsnc67)sc5c32)C(c2ccccc2)(c2ccc(C)cc2)c2c-4sc3cc(C(C)C)sc23)cc1. The molecule has 0 spiro atoms. The lowest BCUT2D eigenvalue weighted by Gasteiger charge is -2.35. The minimum atomic E-state index is -0.859. The van der Waals surface area contributed by atoms with Crippen molar-refractivity contribution in [1.29, 1.82) is 0 Å². The molecule has 0 N–H and O–H groups in total. The van der Waals surface area contributed by atoms with Gasteiger partial charge in [0.05, 0.1) is 37.5 Å². The van der Waals surface area contributed by atoms with E-state index in [0.717, 1.165) is 26.7 Å². The van der Waals surface area contributed by atoms with Crippen LogP contribution in [0.4, 0.5) is 8.78 Å². The fourth-order valence-electron chi connectivity index (χ4n) is 11.4. The maximum Gasteiger partial charge on any atom is 0.170 e. The quantitative estimate of drug-likeness (QED) is 0.159. The second-order valence-corrected chi connectivity index (χ2v) is 23.6. The van der Waals surface area contributed by atoms with Gasteiger partial charge < -0.3 is 0 Å². The number of halogens is 2. The Morgan fingerprint density at radius 3 is 1.48 bits per heavy atom. The molecule has 2 nitrogen and oxygen atoms in total. The molecule has 0 saturated carbocycles. The fourth-order valence-corrected chi connectivity index (χ4v) is 17.5. The van der Waals surface area contributed by atoms with Crippen molar-refractivity contribution in [2.75, 3.05) is 0 Å². The van der Waals surface area contributed by atoms with Crippen molar-refractivity contribution in [1.82, 2.24) is 8.75 Å². The lowest BCUT2D eigenvalue weighted by Crippen LogP contribution is -2.30. The normalized spacial score (nSPS) is 17.3. The van der Waals surface area contributed by atoms with Crippen molar-refractivity contribution >= 4 is 86.9 Å². The van der Waals surface area contributed by atoms with Gasteiger partial charge in [0.15, 0.2) is 11.6 Å². The van der Waals surface area contributed by atoms with Crippen LogP contribution in [0.3, 0.4) is 0 Å². The Hall–Kier alpha value is -5.68. The first-order chi connectivity index (χ1) is 32.5. The maximum atomic E-state index is 16.7. The zero-order valence-corrected chi connectivity index (χ0v) is 41.6. The van der Waals surface area contributed by atoms with Crippen LogP contribution in [0.15, 0.2) is 133 Å². The van der Waals surface area contributed by atoms with Crippen molar-refractivity contribution in [2.24, 2.45) is 0 Å². The Balaban J connectivity index is 1.17. The Kier molecular flexibility index (Phi) is 9.24. The highest BCUT2D eigenvalue weighted by molar-refractivity contribution is 7.32. The third-order valence-electron chi connectivity index (χ3n) is 14.4. The lowest BCUT2D eigenvalue weighted by molar-refractivity contribution is 0.499. The highest BCUT2D eigenvalue weighted by Crippen LogP contribution is 2.68. The van der Waals surface area contributed by atoms with Crippen LogP contribution < -0.4 is 0 Å². The highest BCUT2D eigenvalue weighted by atomic mass is 32.1. The molecule has 67 heavy (non-hydrogen) atoms. The number of hydrogen-bond donors (Lipinski definition) is 0. The molecule has 9 heteroatoms. The van der Waals surface area contributed by atoms with Gasteiger partial charge in [0.2, 0.25) is 0 Å². The molecule has 0 radical (unpaired) electrons. The summed E-state index contributed by atoms with van der Waals surface area (Å²) >= 11 is 8.21. The number of rotatable bonds is 7. The van der Waals surface area contributed by atoms with Gasteiger partial charge in [-0.3, -0.25) is 0 Å². The molecule has 2 unspecified atom stereocenters. The molecule has 2 aliphatic rings. The first kappa shape index (κ1) is 41.5. The topological polar surface area (TPSA) is 25.8 Å². The van der Waals surface area contributed by atoms with E-state index in [-0.39, 0.29) is 17.0 Å². The number of aromatic nitrogens is 2. The summed E-state index contributed by atoms with van der Waals surface area (Å²) in [6.45, 7) is 12.7. The van der Waals surface area contributed by atoms with Crippen molar-refractivity contribution in [3.63, 3.8) is 0 Å². The van der Waals surface area contributed by atoms with Crippen LogP contribution in [0, 0.1) is 25.5 Å². The maximum absolute atomic E-state index is 16.7. The molecule has 0 saturated heterocycles. The van der Waals surface area contributed by atoms with E-state index < -0.39 is 22.5 Å². The van der Waals surface area contributed by atoms with Gasteiger partial charge in [-0.2, -0.15) is 8.75 Å². The predicted molar refractivity (Wildman–Crippen MR) is 282 cm³/mol. The molecule has 11 aromatic rings. The molecule has 0 fully saturated rings. The Bertz CT molecular complexity index is 3800. The van der Waals surface area contributed by atoms with Crippen molar-refractivity contribution in [3.8, 4) is 31.3 Å². The van der Waals surface area contributed by atoms with E-state index in [1.54, 1.807) is 22.7 Å². The van der Waals surface area contributed by atoms with Crippen LogP contribution in [-0.2, 0) is 10.8 Å². The van der Waals surface area contributed by atoms with Gasteiger partial charge in [-0.15, -0.1) is 45.3 Å². The van der Waals surface area contributed by atoms with Gasteiger partial charge in [0.25, 0.3) is 0 Å². The smallest absolute Gasteiger partial charge is 0.170 e. The van der Waals surface area contributed by atoms with Crippen LogP contribution in [-0.4, -0.2) is 8.75 Å². The summed E-state index contributed by atoms with van der Waals surface area (Å²) in [6, 6.07) is 50.0. The van der Waals surface area contributed by atoms with Crippen molar-refractivity contribution < 1.29 is 8.78 Å². The standard InChI is InChI=1S/C58H42F2N2S5/c1-29(2)41-27-43-55(63-41)47-53(65-43)37-25-40-38(26-39(37)57(47,33-13-9-7-10-14-33)35-21-17-31(5)18-22-35)54-48(58(40,34-15-11-8-12-16-34)36-23-19-32(6)20-24-36)56-44(66-54)28-42(64-56)46-50(60)49(59)45(30(3)4)51-52(46)62-67-61-51/h7-30H,1-6H3. The van der Waals surface area contributed by atoms with Crippen LogP contribution in [0.25, 0.3) is 61.2 Å². The number of aryl methyl sites for hydroxylation is 2. The van der Waals surface area contributed by atoms with E-state index in [9.17, 15) is 0 Å². The van der Waals surface area contributed by atoms with Crippen LogP contribution >= 0.6 is 57.1 Å². The molecule has 328 valence electrons. The number of thiophene rings is 4. The van der Waals surface area contributed by atoms with Crippen LogP contribution in [0.2, 0.25) is 0 Å². The summed E-state index contributed by atoms with van der Waals surface area (Å²) < 4.78 is 46.9. The minimum absolute atomic E-state index is 0.194. The molecule has 0 aliphatic heterocycles. The van der Waals surface area contributed by atoms with E-state index >= 15 is 8.78 Å². The first-order valence-electron chi connectivity index (χ1n) is 22.7. The average Bonchev–Trinajstić information content (AvgIpc) is 4.20. The number of hydrogen-bond acceptors (Lipinski definition) is 7. The molecule has 0 amide bonds. The second-order valence-electron chi connectivity index (χ2n) is 18.9. The molecule has 5 aromatic heterocycles. The average molecular weight is 965 g/mol. The summed E-state index contributed by atoms with van der Waals surface area (Å²) in [7, 11) is 0. The Morgan fingerprint density at radius 1 is 0.493 bits per heavy atom. The third kappa shape index (κ3) is 5.55. The van der Waals surface area contributed by atoms with Crippen LogP contribution in [0.5, 0.6) is 0 Å². The second kappa shape index (κ2) is 14.9. The fraction of sp³-hybridized carbons (Fsp3) is 0.172. The van der Waals surface area contributed by atoms with E-state index in [0.29, 0.717) is 21.8 Å². The van der Waals surface area contributed by atoms with Crippen LogP contribution in [0.1, 0.15) is 106 Å². The molecule has 2 aliphatic carbocycles. The Labute approximate surface area is 408 Å². The van der Waals surface area contributed by atoms with E-state index in [1.807, 2.05) is 36.5 Å². The Morgan fingerprint density at radius 2 is 0.970 bits per heavy atom. The number of fused-ring (bicyclic) bond motifs is 11. The highest BCUT2D eigenvalue weighted by Gasteiger charge is 2.54. The molecule has 0 bridgehead atoms. The van der Waals surface area contributed by atoms with E-state index in [1.165, 1.54) is 85.2 Å². The van der Waals surface area contributed by atoms with Gasteiger partial charge in [-0.1, -0.05) is 148 Å². The van der Waals surface area contributed by atoms with E-state index in [4.69, 9.17) is 0 Å². The van der Waals surface area contributed by atoms with Gasteiger partial charge in [-0.25, -0.2) is 8.78 Å². The molecular weight excluding hydrogens is 923 g/mol. The van der Waals surface area contributed by atoms with Gasteiger partial charge in [-0.05, 0) is 94.5 Å². The van der Waals surface area contributed by atoms with Crippen molar-refractivity contribution in [3.05, 3.63) is 211 Å². The molecule has 6 aromatic carbocycles. The summed E-state index contributed by atoms with van der Waals surface area (Å²) in [5.74, 6) is -1.53.